The van der Waals surface area contributed by atoms with Crippen LogP contribution in [-0.2, 0) is 16.1 Å². The molecule has 0 aliphatic carbocycles. The summed E-state index contributed by atoms with van der Waals surface area (Å²) in [6.07, 6.45) is 4.92. The Labute approximate surface area is 136 Å². The summed E-state index contributed by atoms with van der Waals surface area (Å²) in [5.41, 5.74) is -0.0195. The number of likely N-dealkylation sites (tertiary alicyclic amines) is 1. The van der Waals surface area contributed by atoms with Gasteiger partial charge in [0.05, 0.1) is 24.8 Å². The van der Waals surface area contributed by atoms with Gasteiger partial charge >= 0.3 is 0 Å². The fourth-order valence-corrected chi connectivity index (χ4v) is 3.95. The van der Waals surface area contributed by atoms with Crippen LogP contribution in [0.25, 0.3) is 0 Å². The fourth-order valence-electron chi connectivity index (χ4n) is 3.29. The summed E-state index contributed by atoms with van der Waals surface area (Å²) < 4.78 is 6.10. The minimum absolute atomic E-state index is 0.0195. The van der Waals surface area contributed by atoms with Gasteiger partial charge in [0.2, 0.25) is 5.91 Å². The van der Waals surface area contributed by atoms with Crippen molar-refractivity contribution in [2.45, 2.75) is 51.3 Å². The van der Waals surface area contributed by atoms with E-state index >= 15 is 0 Å². The Morgan fingerprint density at radius 1 is 1.55 bits per heavy atom. The van der Waals surface area contributed by atoms with Crippen molar-refractivity contribution >= 4 is 17.2 Å². The number of aromatic nitrogens is 1. The van der Waals surface area contributed by atoms with Crippen molar-refractivity contribution in [3.8, 4) is 0 Å². The molecule has 1 aromatic rings. The van der Waals surface area contributed by atoms with Gasteiger partial charge in [0, 0.05) is 30.6 Å². The van der Waals surface area contributed by atoms with E-state index in [0.717, 1.165) is 38.9 Å². The Balaban J connectivity index is 1.47. The van der Waals surface area contributed by atoms with Crippen molar-refractivity contribution in [3.63, 3.8) is 0 Å². The van der Waals surface area contributed by atoms with Crippen LogP contribution < -0.4 is 5.32 Å². The molecule has 1 aromatic heterocycles. The zero-order valence-corrected chi connectivity index (χ0v) is 14.2. The summed E-state index contributed by atoms with van der Waals surface area (Å²) in [5, 5.41) is 6.33. The van der Waals surface area contributed by atoms with Crippen LogP contribution in [0.4, 0.5) is 0 Å². The Morgan fingerprint density at radius 2 is 2.32 bits per heavy atom. The number of amides is 1. The van der Waals surface area contributed by atoms with Crippen LogP contribution in [-0.4, -0.2) is 47.1 Å². The summed E-state index contributed by atoms with van der Waals surface area (Å²) in [6.45, 7) is 7.55. The molecule has 0 radical (unpaired) electrons. The highest BCUT2D eigenvalue weighted by Gasteiger charge is 2.43. The van der Waals surface area contributed by atoms with E-state index in [9.17, 15) is 4.79 Å². The first-order valence-electron chi connectivity index (χ1n) is 8.11. The third kappa shape index (κ3) is 3.67. The first-order chi connectivity index (χ1) is 10.6. The number of carbonyl (C=O) groups is 1. The molecule has 0 unspecified atom stereocenters. The minimum Gasteiger partial charge on any atom is -0.373 e. The highest BCUT2D eigenvalue weighted by atomic mass is 32.1. The Kier molecular flexibility index (Phi) is 4.80. The predicted octanol–water partition coefficient (Wildman–Crippen LogP) is 2.04. The number of rotatable bonds is 4. The number of carbonyl (C=O) groups excluding carboxylic acids is 1. The van der Waals surface area contributed by atoms with E-state index in [1.54, 1.807) is 11.3 Å². The van der Waals surface area contributed by atoms with Crippen LogP contribution in [0, 0.1) is 5.92 Å². The third-order valence-electron chi connectivity index (χ3n) is 4.69. The normalized spacial score (nSPS) is 25.0. The number of hydrogen-bond donors (Lipinski definition) is 1. The van der Waals surface area contributed by atoms with E-state index in [1.807, 2.05) is 25.4 Å². The molecule has 1 N–H and O–H groups in total. The lowest BCUT2D eigenvalue weighted by molar-refractivity contribution is -0.124. The van der Waals surface area contributed by atoms with Gasteiger partial charge < -0.3 is 10.1 Å². The van der Waals surface area contributed by atoms with Crippen molar-refractivity contribution in [1.82, 2.24) is 15.2 Å². The van der Waals surface area contributed by atoms with Crippen molar-refractivity contribution in [1.29, 1.82) is 0 Å². The number of piperidine rings is 1. The van der Waals surface area contributed by atoms with Crippen LogP contribution in [0.2, 0.25) is 0 Å². The quantitative estimate of drug-likeness (QED) is 0.921. The molecule has 3 heterocycles. The molecule has 0 aromatic carbocycles. The number of hydrogen-bond acceptors (Lipinski definition) is 5. The van der Waals surface area contributed by atoms with E-state index in [0.29, 0.717) is 6.61 Å². The highest BCUT2D eigenvalue weighted by Crippen LogP contribution is 2.36. The van der Waals surface area contributed by atoms with Crippen LogP contribution >= 0.6 is 11.3 Å². The maximum atomic E-state index is 11.8. The van der Waals surface area contributed by atoms with Gasteiger partial charge in [-0.1, -0.05) is 13.8 Å². The van der Waals surface area contributed by atoms with Gasteiger partial charge in [0.25, 0.3) is 0 Å². The summed E-state index contributed by atoms with van der Waals surface area (Å²) in [5.74, 6) is 0.170. The Hall–Kier alpha value is -0.980. The van der Waals surface area contributed by atoms with Gasteiger partial charge in [-0.15, -0.1) is 11.3 Å². The summed E-state index contributed by atoms with van der Waals surface area (Å²) >= 11 is 1.72. The average Bonchev–Trinajstić information content (AvgIpc) is 3.12. The SMILES string of the molecule is CC(C)C(=O)N[C@@H]1COC2(CCN(Cc3nccs3)CC2)C1. The molecule has 2 fully saturated rings. The largest absolute Gasteiger partial charge is 0.373 e. The van der Waals surface area contributed by atoms with Crippen LogP contribution in [0.1, 0.15) is 38.1 Å². The van der Waals surface area contributed by atoms with Crippen LogP contribution in [0.3, 0.4) is 0 Å². The molecule has 3 rings (SSSR count). The van der Waals surface area contributed by atoms with Crippen molar-refractivity contribution < 1.29 is 9.53 Å². The van der Waals surface area contributed by atoms with Crippen molar-refractivity contribution in [2.24, 2.45) is 5.92 Å². The second kappa shape index (κ2) is 6.64. The predicted molar refractivity (Wildman–Crippen MR) is 86.7 cm³/mol. The number of ether oxygens (including phenoxy) is 1. The molecule has 1 atom stereocenters. The van der Waals surface area contributed by atoms with Gasteiger partial charge in [-0.2, -0.15) is 0 Å². The Morgan fingerprint density at radius 3 is 2.95 bits per heavy atom. The topological polar surface area (TPSA) is 54.5 Å². The van der Waals surface area contributed by atoms with Gasteiger partial charge in [0.1, 0.15) is 5.01 Å². The number of nitrogens with zero attached hydrogens (tertiary/aromatic N) is 2. The maximum Gasteiger partial charge on any atom is 0.222 e. The van der Waals surface area contributed by atoms with E-state index in [-0.39, 0.29) is 23.5 Å². The van der Waals surface area contributed by atoms with Gasteiger partial charge in [-0.3, -0.25) is 9.69 Å². The molecular weight excluding hydrogens is 298 g/mol. The maximum absolute atomic E-state index is 11.8. The number of thiazole rings is 1. The smallest absolute Gasteiger partial charge is 0.222 e. The molecule has 2 saturated heterocycles. The molecular formula is C16H25N3O2S. The molecule has 1 spiro atoms. The Bertz CT molecular complexity index is 495. The molecule has 2 aliphatic heterocycles. The zero-order chi connectivity index (χ0) is 15.6. The molecule has 0 bridgehead atoms. The molecule has 1 amide bonds. The standard InChI is InChI=1S/C16H25N3O2S/c1-12(2)15(20)18-13-9-16(21-11-13)3-6-19(7-4-16)10-14-17-5-8-22-14/h5,8,12-13H,3-4,6-7,9-11H2,1-2H3,(H,18,20)/t13-/m0/s1. The molecule has 5 nitrogen and oxygen atoms in total. The lowest BCUT2D eigenvalue weighted by atomic mass is 9.87. The summed E-state index contributed by atoms with van der Waals surface area (Å²) in [4.78, 5) is 18.6. The lowest BCUT2D eigenvalue weighted by Gasteiger charge is -2.38. The number of nitrogens with one attached hydrogen (secondary N) is 1. The summed E-state index contributed by atoms with van der Waals surface area (Å²) in [7, 11) is 0. The second-order valence-electron chi connectivity index (χ2n) is 6.76. The van der Waals surface area contributed by atoms with Crippen molar-refractivity contribution in [3.05, 3.63) is 16.6 Å². The van der Waals surface area contributed by atoms with Gasteiger partial charge in [-0.25, -0.2) is 4.98 Å². The molecule has 0 saturated carbocycles. The van der Waals surface area contributed by atoms with Crippen molar-refractivity contribution in [2.75, 3.05) is 19.7 Å². The zero-order valence-electron chi connectivity index (χ0n) is 13.4. The van der Waals surface area contributed by atoms with Crippen LogP contribution in [0.5, 0.6) is 0 Å². The third-order valence-corrected chi connectivity index (χ3v) is 5.45. The van der Waals surface area contributed by atoms with E-state index in [4.69, 9.17) is 4.74 Å². The first-order valence-corrected chi connectivity index (χ1v) is 8.99. The van der Waals surface area contributed by atoms with E-state index < -0.39 is 0 Å². The fraction of sp³-hybridized carbons (Fsp3) is 0.750. The molecule has 22 heavy (non-hydrogen) atoms. The van der Waals surface area contributed by atoms with Crippen LogP contribution in [0.15, 0.2) is 11.6 Å². The average molecular weight is 323 g/mol. The minimum atomic E-state index is -0.0195. The second-order valence-corrected chi connectivity index (χ2v) is 7.74. The lowest BCUT2D eigenvalue weighted by Crippen LogP contribution is -2.45. The first kappa shape index (κ1) is 15.9. The molecule has 2 aliphatic rings. The molecule has 6 heteroatoms. The van der Waals surface area contributed by atoms with E-state index in [2.05, 4.69) is 15.2 Å². The van der Waals surface area contributed by atoms with Gasteiger partial charge in [0.15, 0.2) is 0 Å². The van der Waals surface area contributed by atoms with E-state index in [1.165, 1.54) is 5.01 Å². The van der Waals surface area contributed by atoms with Gasteiger partial charge in [-0.05, 0) is 19.3 Å². The highest BCUT2D eigenvalue weighted by molar-refractivity contribution is 7.09. The molecule has 122 valence electrons. The summed E-state index contributed by atoms with van der Waals surface area (Å²) in [6, 6.07) is 0.181. The monoisotopic (exact) mass is 323 g/mol.